The molecule has 0 spiro atoms. The highest BCUT2D eigenvalue weighted by Gasteiger charge is 2.46. The van der Waals surface area contributed by atoms with Crippen molar-refractivity contribution in [3.05, 3.63) is 60.2 Å². The fourth-order valence-electron chi connectivity index (χ4n) is 3.26. The molecule has 0 radical (unpaired) electrons. The molecule has 0 N–H and O–H groups in total. The highest BCUT2D eigenvalue weighted by atomic mass is 19.4. The van der Waals surface area contributed by atoms with Crippen molar-refractivity contribution in [1.29, 1.82) is 0 Å². The molecule has 0 bridgehead atoms. The van der Waals surface area contributed by atoms with Gasteiger partial charge in [0, 0.05) is 11.3 Å². The Bertz CT molecular complexity index is 1410. The molecule has 2 heterocycles. The summed E-state index contributed by atoms with van der Waals surface area (Å²) < 4.78 is 82.9. The van der Waals surface area contributed by atoms with Crippen molar-refractivity contribution in [2.45, 2.75) is 26.4 Å². The van der Waals surface area contributed by atoms with Crippen LogP contribution in [-0.4, -0.2) is 38.7 Å². The molecule has 176 valence electrons. The van der Waals surface area contributed by atoms with Crippen LogP contribution in [0.3, 0.4) is 0 Å². The van der Waals surface area contributed by atoms with E-state index in [4.69, 9.17) is 0 Å². The molecule has 2 aromatic carbocycles. The number of benzene rings is 2. The minimum Gasteiger partial charge on any atom is -0.320 e. The third kappa shape index (κ3) is 4.35. The zero-order chi connectivity index (χ0) is 24.7. The molecule has 0 amide bonds. The van der Waals surface area contributed by atoms with Gasteiger partial charge in [-0.15, -0.1) is 10.2 Å². The summed E-state index contributed by atoms with van der Waals surface area (Å²) in [5.74, 6) is 3.88. The zero-order valence-electron chi connectivity index (χ0n) is 17.9. The van der Waals surface area contributed by atoms with Crippen LogP contribution in [0.15, 0.2) is 48.8 Å². The molecule has 0 aliphatic carbocycles. The molecule has 34 heavy (non-hydrogen) atoms. The number of rotatable bonds is 4. The molecule has 0 unspecified atom stereocenters. The molecular weight excluding hydrogens is 460 g/mol. The van der Waals surface area contributed by atoms with Crippen LogP contribution in [0.25, 0.3) is 16.7 Å². The van der Waals surface area contributed by atoms with E-state index in [0.717, 1.165) is 18.7 Å². The van der Waals surface area contributed by atoms with E-state index in [1.807, 2.05) is 0 Å². The van der Waals surface area contributed by atoms with Crippen LogP contribution in [0.2, 0.25) is 0 Å². The molecule has 5 nitrogen and oxygen atoms in total. The predicted molar refractivity (Wildman–Crippen MR) is 114 cm³/mol. The van der Waals surface area contributed by atoms with Gasteiger partial charge in [-0.3, -0.25) is 4.40 Å². The first-order valence-electron chi connectivity index (χ1n) is 10.0. The maximum absolute atomic E-state index is 14.9. The summed E-state index contributed by atoms with van der Waals surface area (Å²) in [5, 5.41) is 7.56. The van der Waals surface area contributed by atoms with Crippen molar-refractivity contribution >= 4 is 28.2 Å². The zero-order valence-corrected chi connectivity index (χ0v) is 17.9. The average Bonchev–Trinajstić information content (AvgIpc) is 3.24. The van der Waals surface area contributed by atoms with Crippen molar-refractivity contribution in [3.63, 3.8) is 0 Å². The summed E-state index contributed by atoms with van der Waals surface area (Å²) in [4.78, 5) is 5.35. The second-order valence-corrected chi connectivity index (χ2v) is 8.00. The van der Waals surface area contributed by atoms with E-state index in [1.54, 1.807) is 6.07 Å². The summed E-state index contributed by atoms with van der Waals surface area (Å²) >= 11 is 0. The number of aromatic nitrogens is 4. The topological polar surface area (TPSA) is 46.3 Å². The van der Waals surface area contributed by atoms with Gasteiger partial charge in [0.2, 0.25) is 0 Å². The van der Waals surface area contributed by atoms with Gasteiger partial charge in [-0.05, 0) is 44.2 Å². The van der Waals surface area contributed by atoms with E-state index in [1.165, 1.54) is 47.1 Å². The molecule has 0 aliphatic rings. The molecule has 0 aliphatic heterocycles. The van der Waals surface area contributed by atoms with Crippen molar-refractivity contribution in [2.24, 2.45) is 5.41 Å². The Kier molecular flexibility index (Phi) is 5.85. The molecule has 4 aromatic rings. The van der Waals surface area contributed by atoms with E-state index in [2.05, 4.69) is 27.0 Å². The van der Waals surface area contributed by atoms with Gasteiger partial charge in [0.1, 0.15) is 23.4 Å². The smallest absolute Gasteiger partial charge is 0.320 e. The molecule has 0 fully saturated rings. The first-order valence-corrected chi connectivity index (χ1v) is 10.0. The fourth-order valence-corrected chi connectivity index (χ4v) is 3.26. The quantitative estimate of drug-likeness (QED) is 0.277. The normalized spacial score (nSPS) is 12.3. The first-order chi connectivity index (χ1) is 16.0. The number of anilines is 2. The van der Waals surface area contributed by atoms with E-state index < -0.39 is 30.4 Å². The van der Waals surface area contributed by atoms with Gasteiger partial charge in [0.25, 0.3) is 12.2 Å². The molecule has 2 aromatic heterocycles. The van der Waals surface area contributed by atoms with E-state index >= 15 is 0 Å². The number of fused-ring (bicyclic) bond motifs is 3. The first kappa shape index (κ1) is 23.4. The van der Waals surface area contributed by atoms with E-state index in [9.17, 15) is 26.3 Å². The molecule has 0 saturated carbocycles. The molecular formula is C23H17F6N5. The van der Waals surface area contributed by atoms with E-state index in [-0.39, 0.29) is 28.2 Å². The largest absolute Gasteiger partial charge is 0.404 e. The van der Waals surface area contributed by atoms with Gasteiger partial charge in [-0.1, -0.05) is 24.0 Å². The van der Waals surface area contributed by atoms with Crippen LogP contribution in [0.1, 0.15) is 19.4 Å². The lowest BCUT2D eigenvalue weighted by Crippen LogP contribution is -2.30. The Morgan fingerprint density at radius 3 is 2.53 bits per heavy atom. The molecule has 0 saturated heterocycles. The molecule has 11 heteroatoms. The third-order valence-electron chi connectivity index (χ3n) is 5.17. The monoisotopic (exact) mass is 477 g/mol. The summed E-state index contributed by atoms with van der Waals surface area (Å²) in [6.07, 6.45) is -6.06. The molecule has 4 rings (SSSR count). The maximum Gasteiger partial charge on any atom is 0.404 e. The Labute approximate surface area is 190 Å². The van der Waals surface area contributed by atoms with Crippen LogP contribution in [0.5, 0.6) is 0 Å². The highest BCUT2D eigenvalue weighted by Crippen LogP contribution is 2.37. The lowest BCUT2D eigenvalue weighted by Gasteiger charge is -2.25. The van der Waals surface area contributed by atoms with E-state index in [0.29, 0.717) is 5.52 Å². The van der Waals surface area contributed by atoms with Crippen molar-refractivity contribution in [2.75, 3.05) is 11.4 Å². The number of hydrogen-bond donors (Lipinski definition) is 0. The Morgan fingerprint density at radius 1 is 1.09 bits per heavy atom. The lowest BCUT2D eigenvalue weighted by atomic mass is 9.93. The summed E-state index contributed by atoms with van der Waals surface area (Å²) in [6, 6.07) is 9.93. The number of alkyl halides is 5. The van der Waals surface area contributed by atoms with Crippen LogP contribution < -0.4 is 4.90 Å². The van der Waals surface area contributed by atoms with Gasteiger partial charge >= 0.3 is 6.18 Å². The van der Waals surface area contributed by atoms with Crippen molar-refractivity contribution in [3.8, 4) is 11.8 Å². The van der Waals surface area contributed by atoms with Gasteiger partial charge in [-0.25, -0.2) is 13.2 Å². The number of hydrogen-bond acceptors (Lipinski definition) is 4. The summed E-state index contributed by atoms with van der Waals surface area (Å²) in [7, 11) is 0. The Morgan fingerprint density at radius 2 is 1.82 bits per heavy atom. The summed E-state index contributed by atoms with van der Waals surface area (Å²) in [6.45, 7) is 1.03. The van der Waals surface area contributed by atoms with Crippen LogP contribution >= 0.6 is 0 Å². The minimum absolute atomic E-state index is 0.0369. The van der Waals surface area contributed by atoms with Crippen molar-refractivity contribution in [1.82, 2.24) is 19.6 Å². The van der Waals surface area contributed by atoms with Crippen molar-refractivity contribution < 1.29 is 26.3 Å². The van der Waals surface area contributed by atoms with Gasteiger partial charge < -0.3 is 4.90 Å². The maximum atomic E-state index is 14.9. The van der Waals surface area contributed by atoms with Crippen LogP contribution in [0, 0.1) is 23.1 Å². The SMILES string of the molecule is CC(C)(C#Cc1cccc(N(CC(F)F)c2nc3nncn3c3cccc(F)c23)c1)C(F)(F)F. The second kappa shape index (κ2) is 8.52. The number of nitrogens with zero attached hydrogens (tertiary/aromatic N) is 5. The standard InChI is InChI=1S/C23H17F6N5/c1-22(2,23(27,28)29)10-9-14-5-3-6-15(11-14)33(12-18(25)26)20-19-16(24)7-4-8-17(19)34-13-30-32-21(34)31-20/h3-8,11,13,18H,12H2,1-2H3. The highest BCUT2D eigenvalue weighted by molar-refractivity contribution is 5.94. The van der Waals surface area contributed by atoms with Gasteiger partial charge in [0.05, 0.1) is 17.4 Å². The van der Waals surface area contributed by atoms with Crippen LogP contribution in [-0.2, 0) is 0 Å². The summed E-state index contributed by atoms with van der Waals surface area (Å²) in [5.41, 5.74) is -1.64. The minimum atomic E-state index is -4.55. The second-order valence-electron chi connectivity index (χ2n) is 8.00. The Hall–Kier alpha value is -3.81. The van der Waals surface area contributed by atoms with Gasteiger partial charge in [-0.2, -0.15) is 18.2 Å². The Balaban J connectivity index is 1.88. The lowest BCUT2D eigenvalue weighted by molar-refractivity contribution is -0.190. The predicted octanol–water partition coefficient (Wildman–Crippen LogP) is 5.76. The third-order valence-corrected chi connectivity index (χ3v) is 5.17. The average molecular weight is 477 g/mol. The van der Waals surface area contributed by atoms with Crippen LogP contribution in [0.4, 0.5) is 37.8 Å². The molecule has 0 atom stereocenters. The fraction of sp³-hybridized carbons (Fsp3) is 0.261. The van der Waals surface area contributed by atoms with Gasteiger partial charge in [0.15, 0.2) is 0 Å². The number of halogens is 6.